The second-order valence-electron chi connectivity index (χ2n) is 5.86. The summed E-state index contributed by atoms with van der Waals surface area (Å²) in [5, 5.41) is 8.97. The Labute approximate surface area is 161 Å². The van der Waals surface area contributed by atoms with Gasteiger partial charge in [0.1, 0.15) is 11.4 Å². The van der Waals surface area contributed by atoms with Gasteiger partial charge in [0, 0.05) is 38.4 Å². The number of hydrogen-bond acceptors (Lipinski definition) is 5. The molecule has 152 valence electrons. The molecular formula is C18H23F3N6O. The number of hydrogen-bond donors (Lipinski definition) is 3. The van der Waals surface area contributed by atoms with Gasteiger partial charge in [0.15, 0.2) is 5.96 Å². The fourth-order valence-corrected chi connectivity index (χ4v) is 2.35. The second-order valence-corrected chi connectivity index (χ2v) is 5.86. The van der Waals surface area contributed by atoms with Crippen molar-refractivity contribution in [2.45, 2.75) is 19.6 Å². The number of aromatic nitrogens is 2. The maximum atomic E-state index is 12.6. The van der Waals surface area contributed by atoms with Gasteiger partial charge < -0.3 is 20.7 Å². The molecule has 3 N–H and O–H groups in total. The normalized spacial score (nSPS) is 11.9. The molecule has 0 bridgehead atoms. The SMILES string of the molecule is CN=C(NCCNc1nccc(C(F)(F)F)n1)NCc1ccc(C)cc1OC. The number of alkyl halides is 3. The average Bonchev–Trinajstić information content (AvgIpc) is 2.67. The van der Waals surface area contributed by atoms with E-state index in [1.807, 2.05) is 25.1 Å². The molecule has 0 fully saturated rings. The molecular weight excluding hydrogens is 373 g/mol. The van der Waals surface area contributed by atoms with E-state index in [0.717, 1.165) is 29.1 Å². The van der Waals surface area contributed by atoms with E-state index >= 15 is 0 Å². The van der Waals surface area contributed by atoms with Gasteiger partial charge in [-0.3, -0.25) is 4.99 Å². The largest absolute Gasteiger partial charge is 0.496 e. The van der Waals surface area contributed by atoms with Crippen LogP contribution in [-0.4, -0.2) is 43.2 Å². The number of benzene rings is 1. The molecule has 10 heteroatoms. The number of rotatable bonds is 7. The number of guanidine groups is 1. The zero-order chi connectivity index (χ0) is 20.6. The van der Waals surface area contributed by atoms with Crippen LogP contribution in [0.5, 0.6) is 5.75 Å². The Morgan fingerprint density at radius 3 is 2.64 bits per heavy atom. The molecule has 0 aliphatic carbocycles. The van der Waals surface area contributed by atoms with E-state index in [9.17, 15) is 13.2 Å². The number of aryl methyl sites for hydroxylation is 1. The van der Waals surface area contributed by atoms with Crippen molar-refractivity contribution in [3.05, 3.63) is 47.3 Å². The van der Waals surface area contributed by atoms with Crippen molar-refractivity contribution >= 4 is 11.9 Å². The van der Waals surface area contributed by atoms with E-state index in [2.05, 4.69) is 30.9 Å². The number of ether oxygens (including phenoxy) is 1. The van der Waals surface area contributed by atoms with E-state index in [0.29, 0.717) is 25.6 Å². The number of methoxy groups -OCH3 is 1. The van der Waals surface area contributed by atoms with Gasteiger partial charge in [-0.2, -0.15) is 13.2 Å². The molecule has 2 rings (SSSR count). The Morgan fingerprint density at radius 1 is 1.18 bits per heavy atom. The molecule has 1 aromatic heterocycles. The molecule has 0 aliphatic heterocycles. The highest BCUT2D eigenvalue weighted by Gasteiger charge is 2.32. The minimum Gasteiger partial charge on any atom is -0.496 e. The highest BCUT2D eigenvalue weighted by molar-refractivity contribution is 5.79. The van der Waals surface area contributed by atoms with Crippen LogP contribution in [0.2, 0.25) is 0 Å². The molecule has 0 radical (unpaired) electrons. The average molecular weight is 396 g/mol. The number of anilines is 1. The fraction of sp³-hybridized carbons (Fsp3) is 0.389. The van der Waals surface area contributed by atoms with Gasteiger partial charge >= 0.3 is 6.18 Å². The third-order valence-corrected chi connectivity index (χ3v) is 3.76. The smallest absolute Gasteiger partial charge is 0.433 e. The van der Waals surface area contributed by atoms with Crippen molar-refractivity contribution in [2.75, 3.05) is 32.6 Å². The molecule has 1 heterocycles. The molecule has 0 saturated heterocycles. The van der Waals surface area contributed by atoms with Gasteiger partial charge in [0.05, 0.1) is 7.11 Å². The van der Waals surface area contributed by atoms with E-state index < -0.39 is 11.9 Å². The van der Waals surface area contributed by atoms with Gasteiger partial charge in [0.2, 0.25) is 5.95 Å². The van der Waals surface area contributed by atoms with Crippen LogP contribution in [0.25, 0.3) is 0 Å². The third kappa shape index (κ3) is 6.29. The van der Waals surface area contributed by atoms with Crippen LogP contribution in [0.15, 0.2) is 35.5 Å². The maximum absolute atomic E-state index is 12.6. The monoisotopic (exact) mass is 396 g/mol. The number of aliphatic imine (C=N–C) groups is 1. The molecule has 2 aromatic rings. The Hall–Kier alpha value is -3.04. The first-order chi connectivity index (χ1) is 13.3. The summed E-state index contributed by atoms with van der Waals surface area (Å²) in [6, 6.07) is 6.75. The van der Waals surface area contributed by atoms with Crippen LogP contribution in [0.3, 0.4) is 0 Å². The Kier molecular flexibility index (Phi) is 7.42. The third-order valence-electron chi connectivity index (χ3n) is 3.76. The standard InChI is InChI=1S/C18H23F3N6O/c1-12-4-5-13(14(10-12)28-3)11-26-16(22-2)24-8-9-25-17-23-7-6-15(27-17)18(19,20)21/h4-7,10H,8-9,11H2,1-3H3,(H2,22,24,26)(H,23,25,27). The molecule has 7 nitrogen and oxygen atoms in total. The van der Waals surface area contributed by atoms with E-state index in [1.54, 1.807) is 14.2 Å². The molecule has 0 amide bonds. The molecule has 1 aromatic carbocycles. The first-order valence-electron chi connectivity index (χ1n) is 8.55. The highest BCUT2D eigenvalue weighted by Crippen LogP contribution is 2.27. The quantitative estimate of drug-likeness (QED) is 0.379. The Balaban J connectivity index is 1.80. The molecule has 0 saturated carbocycles. The zero-order valence-electron chi connectivity index (χ0n) is 15.9. The van der Waals surface area contributed by atoms with E-state index in [1.165, 1.54) is 0 Å². The van der Waals surface area contributed by atoms with E-state index in [4.69, 9.17) is 4.74 Å². The van der Waals surface area contributed by atoms with Crippen LogP contribution in [0.1, 0.15) is 16.8 Å². The molecule has 28 heavy (non-hydrogen) atoms. The summed E-state index contributed by atoms with van der Waals surface area (Å²) in [5.74, 6) is 1.25. The fourth-order valence-electron chi connectivity index (χ4n) is 2.35. The molecule has 0 atom stereocenters. The lowest BCUT2D eigenvalue weighted by molar-refractivity contribution is -0.141. The van der Waals surface area contributed by atoms with Crippen LogP contribution in [0, 0.1) is 6.92 Å². The zero-order valence-corrected chi connectivity index (χ0v) is 15.9. The van der Waals surface area contributed by atoms with Gasteiger partial charge in [-0.25, -0.2) is 9.97 Å². The van der Waals surface area contributed by atoms with Crippen molar-refractivity contribution in [1.29, 1.82) is 0 Å². The summed E-state index contributed by atoms with van der Waals surface area (Å²) in [6.07, 6.45) is -3.43. The maximum Gasteiger partial charge on any atom is 0.433 e. The van der Waals surface area contributed by atoms with Crippen molar-refractivity contribution in [1.82, 2.24) is 20.6 Å². The van der Waals surface area contributed by atoms with Crippen molar-refractivity contribution in [3.63, 3.8) is 0 Å². The van der Waals surface area contributed by atoms with Crippen molar-refractivity contribution in [3.8, 4) is 5.75 Å². The molecule has 0 spiro atoms. The summed E-state index contributed by atoms with van der Waals surface area (Å²) in [6.45, 7) is 3.22. The Morgan fingerprint density at radius 2 is 1.96 bits per heavy atom. The summed E-state index contributed by atoms with van der Waals surface area (Å²) < 4.78 is 43.3. The lowest BCUT2D eigenvalue weighted by atomic mass is 10.1. The summed E-state index contributed by atoms with van der Waals surface area (Å²) in [4.78, 5) is 11.3. The first-order valence-corrected chi connectivity index (χ1v) is 8.55. The number of nitrogens with one attached hydrogen (secondary N) is 3. The lowest BCUT2D eigenvalue weighted by Gasteiger charge is -2.14. The van der Waals surface area contributed by atoms with Gasteiger partial charge in [-0.15, -0.1) is 0 Å². The van der Waals surface area contributed by atoms with Crippen LogP contribution in [-0.2, 0) is 12.7 Å². The summed E-state index contributed by atoms with van der Waals surface area (Å²) >= 11 is 0. The van der Waals surface area contributed by atoms with Gasteiger partial charge in [-0.05, 0) is 24.6 Å². The number of nitrogens with zero attached hydrogens (tertiary/aromatic N) is 3. The predicted octanol–water partition coefficient (Wildman–Crippen LogP) is 2.59. The second kappa shape index (κ2) is 9.77. The lowest BCUT2D eigenvalue weighted by Crippen LogP contribution is -2.39. The van der Waals surface area contributed by atoms with E-state index in [-0.39, 0.29) is 5.95 Å². The summed E-state index contributed by atoms with van der Waals surface area (Å²) in [5.41, 5.74) is 1.10. The molecule has 0 aliphatic rings. The highest BCUT2D eigenvalue weighted by atomic mass is 19.4. The van der Waals surface area contributed by atoms with Gasteiger partial charge in [0.25, 0.3) is 0 Å². The van der Waals surface area contributed by atoms with Crippen molar-refractivity contribution < 1.29 is 17.9 Å². The van der Waals surface area contributed by atoms with Gasteiger partial charge in [-0.1, -0.05) is 12.1 Å². The van der Waals surface area contributed by atoms with Crippen LogP contribution < -0.4 is 20.7 Å². The number of halogens is 3. The minimum atomic E-state index is -4.50. The van der Waals surface area contributed by atoms with Crippen molar-refractivity contribution in [2.24, 2.45) is 4.99 Å². The summed E-state index contributed by atoms with van der Waals surface area (Å²) in [7, 11) is 3.25. The topological polar surface area (TPSA) is 83.5 Å². The Bertz CT molecular complexity index is 810. The minimum absolute atomic E-state index is 0.0797. The molecule has 0 unspecified atom stereocenters. The predicted molar refractivity (Wildman–Crippen MR) is 101 cm³/mol. The van der Waals surface area contributed by atoms with Crippen LogP contribution in [0.4, 0.5) is 19.1 Å². The first kappa shape index (κ1) is 21.3. The van der Waals surface area contributed by atoms with Crippen LogP contribution >= 0.6 is 0 Å².